The molecule has 0 saturated heterocycles. The van der Waals surface area contributed by atoms with Crippen LogP contribution in [-0.2, 0) is 11.3 Å². The van der Waals surface area contributed by atoms with Crippen LogP contribution >= 0.6 is 11.3 Å². The fourth-order valence-corrected chi connectivity index (χ4v) is 2.90. The third-order valence-corrected chi connectivity index (χ3v) is 3.83. The van der Waals surface area contributed by atoms with Crippen LogP contribution in [0, 0.1) is 5.41 Å². The van der Waals surface area contributed by atoms with Gasteiger partial charge in [-0.15, -0.1) is 11.3 Å². The number of nitrogens with zero attached hydrogens (tertiary/aromatic N) is 1. The van der Waals surface area contributed by atoms with Crippen molar-refractivity contribution in [1.82, 2.24) is 4.90 Å². The van der Waals surface area contributed by atoms with Gasteiger partial charge >= 0.3 is 0 Å². The molecule has 1 heterocycles. The highest BCUT2D eigenvalue weighted by molar-refractivity contribution is 7.09. The van der Waals surface area contributed by atoms with Gasteiger partial charge < -0.3 is 10.6 Å². The summed E-state index contributed by atoms with van der Waals surface area (Å²) in [5.41, 5.74) is 6.25. The van der Waals surface area contributed by atoms with Crippen molar-refractivity contribution in [2.45, 2.75) is 53.1 Å². The molecule has 4 heteroatoms. The van der Waals surface area contributed by atoms with Crippen LogP contribution in [0.15, 0.2) is 17.5 Å². The molecule has 0 spiro atoms. The summed E-state index contributed by atoms with van der Waals surface area (Å²) in [5.74, 6) is 0.160. The van der Waals surface area contributed by atoms with E-state index in [4.69, 9.17) is 5.73 Å². The molecule has 1 amide bonds. The van der Waals surface area contributed by atoms with Gasteiger partial charge in [0.25, 0.3) is 0 Å². The van der Waals surface area contributed by atoms with Crippen molar-refractivity contribution in [3.05, 3.63) is 22.4 Å². The predicted octanol–water partition coefficient (Wildman–Crippen LogP) is 3.25. The highest BCUT2D eigenvalue weighted by Crippen LogP contribution is 2.21. The minimum absolute atomic E-state index is 0.0510. The zero-order valence-corrected chi connectivity index (χ0v) is 13.3. The number of hydrogen-bond acceptors (Lipinski definition) is 3. The molecule has 1 aromatic heterocycles. The van der Waals surface area contributed by atoms with Gasteiger partial charge in [0.2, 0.25) is 5.91 Å². The molecule has 0 bridgehead atoms. The Labute approximate surface area is 120 Å². The third-order valence-electron chi connectivity index (χ3n) is 2.97. The van der Waals surface area contributed by atoms with Gasteiger partial charge in [0, 0.05) is 23.9 Å². The highest BCUT2D eigenvalue weighted by Gasteiger charge is 2.20. The molecular weight excluding hydrogens is 256 g/mol. The summed E-state index contributed by atoms with van der Waals surface area (Å²) >= 11 is 1.69. The summed E-state index contributed by atoms with van der Waals surface area (Å²) in [6, 6.07) is 4.03. The summed E-state index contributed by atoms with van der Waals surface area (Å²) in [4.78, 5) is 15.4. The van der Waals surface area contributed by atoms with E-state index in [2.05, 4.69) is 26.8 Å². The average Bonchev–Trinajstić information content (AvgIpc) is 2.75. The Morgan fingerprint density at radius 1 is 1.47 bits per heavy atom. The van der Waals surface area contributed by atoms with Crippen molar-refractivity contribution >= 4 is 17.2 Å². The zero-order valence-electron chi connectivity index (χ0n) is 12.5. The van der Waals surface area contributed by atoms with Crippen LogP contribution in [0.1, 0.15) is 45.4 Å². The molecule has 1 unspecified atom stereocenters. The van der Waals surface area contributed by atoms with Gasteiger partial charge in [-0.05, 0) is 30.2 Å². The first-order valence-electron chi connectivity index (χ1n) is 6.87. The molecule has 108 valence electrons. The van der Waals surface area contributed by atoms with Gasteiger partial charge in [-0.25, -0.2) is 0 Å². The van der Waals surface area contributed by atoms with E-state index in [9.17, 15) is 4.79 Å². The Morgan fingerprint density at radius 3 is 2.63 bits per heavy atom. The Kier molecular flexibility index (Phi) is 6.01. The van der Waals surface area contributed by atoms with Crippen molar-refractivity contribution in [3.63, 3.8) is 0 Å². The van der Waals surface area contributed by atoms with Gasteiger partial charge in [0.1, 0.15) is 0 Å². The van der Waals surface area contributed by atoms with E-state index in [1.807, 2.05) is 23.3 Å². The van der Waals surface area contributed by atoms with Crippen molar-refractivity contribution in [1.29, 1.82) is 0 Å². The summed E-state index contributed by atoms with van der Waals surface area (Å²) < 4.78 is 0. The van der Waals surface area contributed by atoms with E-state index >= 15 is 0 Å². The lowest BCUT2D eigenvalue weighted by Crippen LogP contribution is -2.36. The molecule has 2 N–H and O–H groups in total. The van der Waals surface area contributed by atoms with Crippen LogP contribution in [0.2, 0.25) is 0 Å². The molecule has 0 aromatic carbocycles. The minimum Gasteiger partial charge on any atom is -0.338 e. The number of carbonyl (C=O) groups excluding carboxylic acids is 1. The Bertz CT molecular complexity index is 381. The topological polar surface area (TPSA) is 46.3 Å². The molecule has 1 atom stereocenters. The number of nitrogens with two attached hydrogens (primary N) is 1. The molecule has 3 nitrogen and oxygen atoms in total. The number of thiophene rings is 1. The van der Waals surface area contributed by atoms with Crippen LogP contribution < -0.4 is 5.73 Å². The first-order valence-corrected chi connectivity index (χ1v) is 7.75. The second-order valence-electron chi connectivity index (χ2n) is 6.22. The maximum absolute atomic E-state index is 12.2. The smallest absolute Gasteiger partial charge is 0.224 e. The summed E-state index contributed by atoms with van der Waals surface area (Å²) in [7, 11) is 0. The van der Waals surface area contributed by atoms with Crippen LogP contribution in [0.4, 0.5) is 0 Å². The Morgan fingerprint density at radius 2 is 2.16 bits per heavy atom. The molecule has 0 radical (unpaired) electrons. The molecule has 0 aliphatic rings. The lowest BCUT2D eigenvalue weighted by atomic mass is 9.87. The van der Waals surface area contributed by atoms with Gasteiger partial charge in [0.15, 0.2) is 0 Å². The van der Waals surface area contributed by atoms with E-state index < -0.39 is 0 Å². The Hall–Kier alpha value is -0.870. The number of rotatable bonds is 6. The maximum atomic E-state index is 12.2. The first-order chi connectivity index (χ1) is 8.81. The zero-order chi connectivity index (χ0) is 14.5. The van der Waals surface area contributed by atoms with E-state index in [0.29, 0.717) is 13.0 Å². The second-order valence-corrected chi connectivity index (χ2v) is 7.25. The van der Waals surface area contributed by atoms with Crippen LogP contribution in [-0.4, -0.2) is 23.4 Å². The minimum atomic E-state index is -0.0510. The first kappa shape index (κ1) is 16.2. The second kappa shape index (κ2) is 7.06. The van der Waals surface area contributed by atoms with Crippen molar-refractivity contribution in [2.75, 3.05) is 6.54 Å². The van der Waals surface area contributed by atoms with Gasteiger partial charge in [-0.3, -0.25) is 4.79 Å². The van der Waals surface area contributed by atoms with E-state index in [0.717, 1.165) is 13.0 Å². The molecule has 0 fully saturated rings. The summed E-state index contributed by atoms with van der Waals surface area (Å²) in [5, 5.41) is 2.04. The van der Waals surface area contributed by atoms with Crippen LogP contribution in [0.25, 0.3) is 0 Å². The molecule has 1 rings (SSSR count). The normalized spacial score (nSPS) is 13.3. The lowest BCUT2D eigenvalue weighted by molar-refractivity contribution is -0.132. The molecule has 0 aliphatic heterocycles. The predicted molar refractivity (Wildman–Crippen MR) is 82.1 cm³/mol. The molecule has 0 saturated carbocycles. The Balaban J connectivity index is 2.50. The van der Waals surface area contributed by atoms with E-state index in [1.165, 1.54) is 4.88 Å². The van der Waals surface area contributed by atoms with Crippen molar-refractivity contribution in [2.24, 2.45) is 11.1 Å². The van der Waals surface area contributed by atoms with Crippen LogP contribution in [0.5, 0.6) is 0 Å². The van der Waals surface area contributed by atoms with Crippen LogP contribution in [0.3, 0.4) is 0 Å². The van der Waals surface area contributed by atoms with E-state index in [1.54, 1.807) is 11.3 Å². The largest absolute Gasteiger partial charge is 0.338 e. The standard InChI is InChI=1S/C15H26N2OS/c1-5-17(11-13-7-6-8-19-13)14(18)9-12(16)10-15(2,3)4/h6-8,12H,5,9-11,16H2,1-4H3. The molecule has 19 heavy (non-hydrogen) atoms. The quantitative estimate of drug-likeness (QED) is 0.870. The molecule has 0 aliphatic carbocycles. The number of amides is 1. The third kappa shape index (κ3) is 6.21. The highest BCUT2D eigenvalue weighted by atomic mass is 32.1. The lowest BCUT2D eigenvalue weighted by Gasteiger charge is -2.26. The average molecular weight is 282 g/mol. The SMILES string of the molecule is CCN(Cc1cccs1)C(=O)CC(N)CC(C)(C)C. The molecular formula is C15H26N2OS. The van der Waals surface area contributed by atoms with Gasteiger partial charge in [-0.2, -0.15) is 0 Å². The molecule has 1 aromatic rings. The number of carbonyl (C=O) groups is 1. The van der Waals surface area contributed by atoms with Crippen molar-refractivity contribution in [3.8, 4) is 0 Å². The van der Waals surface area contributed by atoms with E-state index in [-0.39, 0.29) is 17.4 Å². The summed E-state index contributed by atoms with van der Waals surface area (Å²) in [6.45, 7) is 9.91. The van der Waals surface area contributed by atoms with Crippen molar-refractivity contribution < 1.29 is 4.79 Å². The van der Waals surface area contributed by atoms with Gasteiger partial charge in [-0.1, -0.05) is 26.8 Å². The maximum Gasteiger partial charge on any atom is 0.224 e. The van der Waals surface area contributed by atoms with Gasteiger partial charge in [0.05, 0.1) is 6.54 Å². The monoisotopic (exact) mass is 282 g/mol. The number of hydrogen-bond donors (Lipinski definition) is 1. The fourth-order valence-electron chi connectivity index (χ4n) is 2.18. The summed E-state index contributed by atoms with van der Waals surface area (Å²) in [6.07, 6.45) is 1.31. The fraction of sp³-hybridized carbons (Fsp3) is 0.667.